The van der Waals surface area contributed by atoms with Gasteiger partial charge in [-0.15, -0.1) is 0 Å². The first kappa shape index (κ1) is 14.3. The molecular formula is C16H17N3O3. The van der Waals surface area contributed by atoms with E-state index in [1.807, 2.05) is 24.3 Å². The van der Waals surface area contributed by atoms with Crippen molar-refractivity contribution in [2.75, 3.05) is 7.11 Å². The molecule has 1 aromatic carbocycles. The van der Waals surface area contributed by atoms with Crippen molar-refractivity contribution >= 4 is 5.91 Å². The third-order valence-corrected chi connectivity index (χ3v) is 3.49. The van der Waals surface area contributed by atoms with Crippen molar-refractivity contribution in [2.24, 2.45) is 0 Å². The number of aromatic nitrogens is 2. The largest absolute Gasteiger partial charge is 0.497 e. The lowest BCUT2D eigenvalue weighted by Crippen LogP contribution is -2.34. The Bertz CT molecular complexity index is 733. The van der Waals surface area contributed by atoms with Crippen LogP contribution in [0.15, 0.2) is 41.2 Å². The molecule has 2 aromatic rings. The molecule has 22 heavy (non-hydrogen) atoms. The van der Waals surface area contributed by atoms with Crippen molar-refractivity contribution in [1.82, 2.24) is 15.1 Å². The minimum absolute atomic E-state index is 0.0562. The van der Waals surface area contributed by atoms with E-state index in [4.69, 9.17) is 4.74 Å². The summed E-state index contributed by atoms with van der Waals surface area (Å²) >= 11 is 0. The van der Waals surface area contributed by atoms with Gasteiger partial charge in [0.25, 0.3) is 5.56 Å². The topological polar surface area (TPSA) is 73.2 Å². The van der Waals surface area contributed by atoms with Crippen molar-refractivity contribution in [1.29, 1.82) is 0 Å². The Balaban J connectivity index is 1.81. The van der Waals surface area contributed by atoms with Crippen LogP contribution >= 0.6 is 0 Å². The zero-order valence-corrected chi connectivity index (χ0v) is 12.3. The van der Waals surface area contributed by atoms with Crippen LogP contribution in [0.2, 0.25) is 0 Å². The van der Waals surface area contributed by atoms with Crippen LogP contribution in [0.1, 0.15) is 12.8 Å². The smallest absolute Gasteiger partial charge is 0.267 e. The Morgan fingerprint density at radius 1 is 1.27 bits per heavy atom. The van der Waals surface area contributed by atoms with Crippen molar-refractivity contribution in [3.8, 4) is 17.0 Å². The Labute approximate surface area is 127 Å². The fourth-order valence-corrected chi connectivity index (χ4v) is 2.11. The monoisotopic (exact) mass is 299 g/mol. The summed E-state index contributed by atoms with van der Waals surface area (Å²) in [4.78, 5) is 23.7. The van der Waals surface area contributed by atoms with E-state index in [0.717, 1.165) is 24.2 Å². The van der Waals surface area contributed by atoms with Gasteiger partial charge in [-0.05, 0) is 43.2 Å². The van der Waals surface area contributed by atoms with E-state index in [9.17, 15) is 9.59 Å². The minimum atomic E-state index is -0.289. The fraction of sp³-hybridized carbons (Fsp3) is 0.312. The summed E-state index contributed by atoms with van der Waals surface area (Å²) in [5, 5.41) is 7.12. The summed E-state index contributed by atoms with van der Waals surface area (Å²) in [7, 11) is 1.60. The SMILES string of the molecule is COc1ccc(-c2ccc(=O)n(CC(=O)NC3CC3)n2)cc1. The molecule has 0 aliphatic heterocycles. The second-order valence-corrected chi connectivity index (χ2v) is 5.28. The summed E-state index contributed by atoms with van der Waals surface area (Å²) in [5.74, 6) is 0.574. The number of carbonyl (C=O) groups is 1. The van der Waals surface area contributed by atoms with Crippen molar-refractivity contribution in [2.45, 2.75) is 25.4 Å². The molecule has 1 saturated carbocycles. The second-order valence-electron chi connectivity index (χ2n) is 5.28. The van der Waals surface area contributed by atoms with Crippen LogP contribution < -0.4 is 15.6 Å². The first-order valence-electron chi connectivity index (χ1n) is 7.17. The number of benzene rings is 1. The molecule has 0 atom stereocenters. The molecule has 0 radical (unpaired) electrons. The average molecular weight is 299 g/mol. The molecule has 0 spiro atoms. The number of amides is 1. The van der Waals surface area contributed by atoms with Crippen LogP contribution in [-0.2, 0) is 11.3 Å². The van der Waals surface area contributed by atoms with E-state index < -0.39 is 0 Å². The molecule has 114 valence electrons. The van der Waals surface area contributed by atoms with Crippen LogP contribution in [0.5, 0.6) is 5.75 Å². The summed E-state index contributed by atoms with van der Waals surface area (Å²) in [6, 6.07) is 10.7. The molecule has 1 heterocycles. The van der Waals surface area contributed by atoms with Gasteiger partial charge in [-0.3, -0.25) is 9.59 Å². The molecule has 6 heteroatoms. The standard InChI is InChI=1S/C16H17N3O3/c1-22-13-6-2-11(3-7-13)14-8-9-16(21)19(18-14)10-15(20)17-12-4-5-12/h2-3,6-9,12H,4-5,10H2,1H3,(H,17,20). The van der Waals surface area contributed by atoms with Gasteiger partial charge in [0.2, 0.25) is 5.91 Å². The third-order valence-electron chi connectivity index (χ3n) is 3.49. The molecule has 0 saturated heterocycles. The highest BCUT2D eigenvalue weighted by atomic mass is 16.5. The van der Waals surface area contributed by atoms with Gasteiger partial charge >= 0.3 is 0 Å². The number of nitrogens with zero attached hydrogens (tertiary/aromatic N) is 2. The zero-order chi connectivity index (χ0) is 15.5. The maximum Gasteiger partial charge on any atom is 0.267 e. The number of hydrogen-bond donors (Lipinski definition) is 1. The van der Waals surface area contributed by atoms with Crippen molar-refractivity contribution < 1.29 is 9.53 Å². The summed E-state index contributed by atoms with van der Waals surface area (Å²) in [5.41, 5.74) is 1.21. The molecule has 1 amide bonds. The molecule has 6 nitrogen and oxygen atoms in total. The first-order chi connectivity index (χ1) is 10.7. The molecule has 1 fully saturated rings. The van der Waals surface area contributed by atoms with E-state index in [1.54, 1.807) is 13.2 Å². The predicted octanol–water partition coefficient (Wildman–Crippen LogP) is 1.20. The maximum atomic E-state index is 11.8. The molecule has 0 unspecified atom stereocenters. The molecule has 1 aliphatic rings. The lowest BCUT2D eigenvalue weighted by atomic mass is 10.1. The Kier molecular flexibility index (Phi) is 3.91. The number of ether oxygens (including phenoxy) is 1. The van der Waals surface area contributed by atoms with Gasteiger partial charge in [0.1, 0.15) is 12.3 Å². The van der Waals surface area contributed by atoms with Crippen LogP contribution in [-0.4, -0.2) is 28.8 Å². The Hall–Kier alpha value is -2.63. The highest BCUT2D eigenvalue weighted by Crippen LogP contribution is 2.20. The molecule has 1 aliphatic carbocycles. The van der Waals surface area contributed by atoms with Crippen LogP contribution in [0.3, 0.4) is 0 Å². The highest BCUT2D eigenvalue weighted by Gasteiger charge is 2.23. The van der Waals surface area contributed by atoms with Crippen molar-refractivity contribution in [3.05, 3.63) is 46.8 Å². The molecule has 1 N–H and O–H groups in total. The lowest BCUT2D eigenvalue weighted by Gasteiger charge is -2.08. The van der Waals surface area contributed by atoms with E-state index in [-0.39, 0.29) is 24.1 Å². The average Bonchev–Trinajstić information content (AvgIpc) is 3.33. The van der Waals surface area contributed by atoms with Crippen LogP contribution in [0, 0.1) is 0 Å². The first-order valence-corrected chi connectivity index (χ1v) is 7.17. The van der Waals surface area contributed by atoms with Gasteiger partial charge in [-0.1, -0.05) is 0 Å². The van der Waals surface area contributed by atoms with E-state index in [0.29, 0.717) is 5.69 Å². The third kappa shape index (κ3) is 3.33. The normalized spacial score (nSPS) is 13.7. The molecular weight excluding hydrogens is 282 g/mol. The molecule has 1 aromatic heterocycles. The van der Waals surface area contributed by atoms with E-state index in [1.165, 1.54) is 10.7 Å². The van der Waals surface area contributed by atoms with E-state index >= 15 is 0 Å². The summed E-state index contributed by atoms with van der Waals surface area (Å²) in [6.45, 7) is -0.0562. The van der Waals surface area contributed by atoms with Gasteiger partial charge in [-0.2, -0.15) is 5.10 Å². The zero-order valence-electron chi connectivity index (χ0n) is 12.3. The number of nitrogens with one attached hydrogen (secondary N) is 1. The van der Waals surface area contributed by atoms with Gasteiger partial charge in [0, 0.05) is 17.7 Å². The van der Waals surface area contributed by atoms with Gasteiger partial charge < -0.3 is 10.1 Å². The number of rotatable bonds is 5. The van der Waals surface area contributed by atoms with Gasteiger partial charge in [0.15, 0.2) is 0 Å². The minimum Gasteiger partial charge on any atom is -0.497 e. The van der Waals surface area contributed by atoms with Crippen LogP contribution in [0.4, 0.5) is 0 Å². The highest BCUT2D eigenvalue weighted by molar-refractivity contribution is 5.76. The molecule has 0 bridgehead atoms. The van der Waals surface area contributed by atoms with Gasteiger partial charge in [-0.25, -0.2) is 4.68 Å². The molecule has 3 rings (SSSR count). The predicted molar refractivity (Wildman–Crippen MR) is 81.6 cm³/mol. The number of methoxy groups -OCH3 is 1. The fourth-order valence-electron chi connectivity index (χ4n) is 2.11. The number of hydrogen-bond acceptors (Lipinski definition) is 4. The Morgan fingerprint density at radius 2 is 2.00 bits per heavy atom. The maximum absolute atomic E-state index is 11.8. The summed E-state index contributed by atoms with van der Waals surface area (Å²) < 4.78 is 6.31. The number of carbonyl (C=O) groups excluding carboxylic acids is 1. The van der Waals surface area contributed by atoms with Crippen LogP contribution in [0.25, 0.3) is 11.3 Å². The quantitative estimate of drug-likeness (QED) is 0.900. The summed E-state index contributed by atoms with van der Waals surface area (Å²) in [6.07, 6.45) is 2.03. The second kappa shape index (κ2) is 6.01. The lowest BCUT2D eigenvalue weighted by molar-refractivity contribution is -0.122. The van der Waals surface area contributed by atoms with Crippen molar-refractivity contribution in [3.63, 3.8) is 0 Å². The van der Waals surface area contributed by atoms with E-state index in [2.05, 4.69) is 10.4 Å². The Morgan fingerprint density at radius 3 is 2.64 bits per heavy atom. The van der Waals surface area contributed by atoms with Gasteiger partial charge in [0.05, 0.1) is 12.8 Å².